The molecular weight excluding hydrogens is 481 g/mol. The molecule has 36 heavy (non-hydrogen) atoms. The second-order valence-electron chi connectivity index (χ2n) is 8.40. The molecule has 0 amide bonds. The Morgan fingerprint density at radius 1 is 0.944 bits per heavy atom. The summed E-state index contributed by atoms with van der Waals surface area (Å²) in [6.07, 6.45) is -1.03. The average Bonchev–Trinajstić information content (AvgIpc) is 3.26. The highest BCUT2D eigenvalue weighted by atomic mass is 32.1. The van der Waals surface area contributed by atoms with Crippen LogP contribution in [0.1, 0.15) is 22.3 Å². The van der Waals surface area contributed by atoms with E-state index >= 15 is 0 Å². The third-order valence-corrected chi connectivity index (χ3v) is 6.50. The van der Waals surface area contributed by atoms with Crippen molar-refractivity contribution in [3.05, 3.63) is 111 Å². The van der Waals surface area contributed by atoms with Gasteiger partial charge in [0.1, 0.15) is 0 Å². The van der Waals surface area contributed by atoms with Gasteiger partial charge in [0.25, 0.3) is 0 Å². The first-order valence-corrected chi connectivity index (χ1v) is 12.1. The lowest BCUT2D eigenvalue weighted by Crippen LogP contribution is -2.12. The SMILES string of the molecule is Cc1ccc(N=c2scc(-c3cccc(C(F)(F)F)c3)n2N=Cc2ccc3ncccc3c2)c(C)c1. The van der Waals surface area contributed by atoms with Crippen LogP contribution in [0.15, 0.2) is 94.5 Å². The molecule has 5 aromatic rings. The lowest BCUT2D eigenvalue weighted by atomic mass is 10.1. The molecule has 8 heteroatoms. The maximum Gasteiger partial charge on any atom is 0.416 e. The van der Waals surface area contributed by atoms with Crippen molar-refractivity contribution in [2.75, 3.05) is 0 Å². The predicted molar refractivity (Wildman–Crippen MR) is 139 cm³/mol. The zero-order chi connectivity index (χ0) is 25.3. The fraction of sp³-hybridized carbons (Fsp3) is 0.107. The first kappa shape index (κ1) is 23.7. The van der Waals surface area contributed by atoms with E-state index in [0.717, 1.165) is 45.4 Å². The first-order valence-electron chi connectivity index (χ1n) is 11.2. The summed E-state index contributed by atoms with van der Waals surface area (Å²) in [5.41, 5.74) is 4.82. The summed E-state index contributed by atoms with van der Waals surface area (Å²) >= 11 is 1.32. The number of aromatic nitrogens is 2. The molecule has 0 atom stereocenters. The van der Waals surface area contributed by atoms with Gasteiger partial charge in [-0.25, -0.2) is 9.67 Å². The van der Waals surface area contributed by atoms with Gasteiger partial charge in [0.2, 0.25) is 4.80 Å². The van der Waals surface area contributed by atoms with E-state index in [1.54, 1.807) is 28.5 Å². The molecule has 0 unspecified atom stereocenters. The number of aryl methyl sites for hydroxylation is 2. The molecule has 180 valence electrons. The molecular formula is C28H21F3N4S. The number of rotatable bonds is 4. The van der Waals surface area contributed by atoms with E-state index in [1.165, 1.54) is 17.4 Å². The Bertz CT molecular complexity index is 1660. The van der Waals surface area contributed by atoms with Crippen molar-refractivity contribution in [1.82, 2.24) is 9.66 Å². The molecule has 0 aliphatic rings. The third-order valence-electron chi connectivity index (χ3n) is 5.69. The van der Waals surface area contributed by atoms with E-state index < -0.39 is 11.7 Å². The Labute approximate surface area is 209 Å². The van der Waals surface area contributed by atoms with Gasteiger partial charge < -0.3 is 0 Å². The average molecular weight is 503 g/mol. The largest absolute Gasteiger partial charge is 0.416 e. The highest BCUT2D eigenvalue weighted by Crippen LogP contribution is 2.32. The van der Waals surface area contributed by atoms with Crippen LogP contribution in [0.25, 0.3) is 22.2 Å². The van der Waals surface area contributed by atoms with E-state index in [1.807, 2.05) is 62.4 Å². The Hall–Kier alpha value is -4.04. The van der Waals surface area contributed by atoms with Crippen molar-refractivity contribution in [2.24, 2.45) is 10.1 Å². The summed E-state index contributed by atoms with van der Waals surface area (Å²) < 4.78 is 41.8. The van der Waals surface area contributed by atoms with Crippen LogP contribution in [0.2, 0.25) is 0 Å². The summed E-state index contributed by atoms with van der Waals surface area (Å²) in [7, 11) is 0. The van der Waals surface area contributed by atoms with Crippen LogP contribution < -0.4 is 4.80 Å². The number of halogens is 3. The third kappa shape index (κ3) is 4.99. The standard InChI is InChI=1S/C28H21F3N4S/c1-18-8-10-24(19(2)13-18)34-27-35(33-16-20-9-11-25-21(14-20)6-4-12-32-25)26(17-36-27)22-5-3-7-23(15-22)28(29,30)31/h3-17H,1-2H3. The minimum Gasteiger partial charge on any atom is -0.256 e. The van der Waals surface area contributed by atoms with Crippen molar-refractivity contribution >= 4 is 34.1 Å². The summed E-state index contributed by atoms with van der Waals surface area (Å²) in [5.74, 6) is 0. The van der Waals surface area contributed by atoms with E-state index in [4.69, 9.17) is 4.99 Å². The van der Waals surface area contributed by atoms with Crippen LogP contribution in [0.3, 0.4) is 0 Å². The number of pyridine rings is 1. The Balaban J connectivity index is 1.65. The molecule has 2 aromatic heterocycles. The summed E-state index contributed by atoms with van der Waals surface area (Å²) in [5, 5.41) is 7.41. The second kappa shape index (κ2) is 9.54. The van der Waals surface area contributed by atoms with Gasteiger partial charge in [-0.3, -0.25) is 4.98 Å². The molecule has 2 heterocycles. The molecule has 0 N–H and O–H groups in total. The maximum atomic E-state index is 13.4. The quantitative estimate of drug-likeness (QED) is 0.235. The van der Waals surface area contributed by atoms with Crippen molar-refractivity contribution < 1.29 is 13.2 Å². The highest BCUT2D eigenvalue weighted by Gasteiger charge is 2.30. The van der Waals surface area contributed by atoms with Crippen LogP contribution in [0, 0.1) is 13.8 Å². The van der Waals surface area contributed by atoms with Gasteiger partial charge in [-0.15, -0.1) is 11.3 Å². The highest BCUT2D eigenvalue weighted by molar-refractivity contribution is 7.07. The minimum atomic E-state index is -4.44. The molecule has 0 aliphatic heterocycles. The van der Waals surface area contributed by atoms with Gasteiger partial charge in [0, 0.05) is 22.5 Å². The molecule has 0 radical (unpaired) electrons. The van der Waals surface area contributed by atoms with Crippen LogP contribution in [-0.2, 0) is 6.18 Å². The summed E-state index contributed by atoms with van der Waals surface area (Å²) in [6.45, 7) is 3.99. The van der Waals surface area contributed by atoms with Crippen LogP contribution in [0.5, 0.6) is 0 Å². The van der Waals surface area contributed by atoms with E-state index in [-0.39, 0.29) is 0 Å². The van der Waals surface area contributed by atoms with Gasteiger partial charge in [0.05, 0.1) is 28.7 Å². The van der Waals surface area contributed by atoms with Crippen molar-refractivity contribution in [1.29, 1.82) is 0 Å². The second-order valence-corrected chi connectivity index (χ2v) is 9.23. The van der Waals surface area contributed by atoms with Crippen molar-refractivity contribution in [3.63, 3.8) is 0 Å². The number of alkyl halides is 3. The molecule has 0 bridgehead atoms. The molecule has 0 aliphatic carbocycles. The normalized spacial score (nSPS) is 12.6. The number of fused-ring (bicyclic) bond motifs is 1. The molecule has 0 saturated carbocycles. The first-order chi connectivity index (χ1) is 17.3. The fourth-order valence-corrected chi connectivity index (χ4v) is 4.72. The minimum absolute atomic E-state index is 0.406. The lowest BCUT2D eigenvalue weighted by Gasteiger charge is -2.09. The van der Waals surface area contributed by atoms with Gasteiger partial charge >= 0.3 is 6.18 Å². The van der Waals surface area contributed by atoms with E-state index in [2.05, 4.69) is 10.1 Å². The molecule has 0 saturated heterocycles. The number of benzene rings is 3. The Morgan fingerprint density at radius 2 is 1.81 bits per heavy atom. The maximum absolute atomic E-state index is 13.4. The van der Waals surface area contributed by atoms with Gasteiger partial charge in [-0.1, -0.05) is 42.0 Å². The van der Waals surface area contributed by atoms with Gasteiger partial charge in [-0.05, 0) is 61.4 Å². The number of nitrogens with zero attached hydrogens (tertiary/aromatic N) is 4. The molecule has 4 nitrogen and oxygen atoms in total. The number of hydrogen-bond acceptors (Lipinski definition) is 4. The Morgan fingerprint density at radius 3 is 2.61 bits per heavy atom. The topological polar surface area (TPSA) is 42.5 Å². The van der Waals surface area contributed by atoms with Crippen LogP contribution in [0.4, 0.5) is 18.9 Å². The lowest BCUT2D eigenvalue weighted by molar-refractivity contribution is -0.137. The summed E-state index contributed by atoms with van der Waals surface area (Å²) in [4.78, 5) is 9.68. The van der Waals surface area contributed by atoms with E-state index in [9.17, 15) is 13.2 Å². The predicted octanol–water partition coefficient (Wildman–Crippen LogP) is 7.52. The Kier molecular flexibility index (Phi) is 6.28. The smallest absolute Gasteiger partial charge is 0.256 e. The van der Waals surface area contributed by atoms with Crippen molar-refractivity contribution in [3.8, 4) is 11.3 Å². The number of hydrogen-bond donors (Lipinski definition) is 0. The molecule has 0 spiro atoms. The van der Waals surface area contributed by atoms with Gasteiger partial charge in [0.15, 0.2) is 0 Å². The molecule has 0 fully saturated rings. The monoisotopic (exact) mass is 502 g/mol. The fourth-order valence-electron chi connectivity index (χ4n) is 3.87. The van der Waals surface area contributed by atoms with E-state index in [0.29, 0.717) is 16.1 Å². The number of thiazole rings is 1. The zero-order valence-electron chi connectivity index (χ0n) is 19.5. The molecule has 5 rings (SSSR count). The van der Waals surface area contributed by atoms with Crippen molar-refractivity contribution in [2.45, 2.75) is 20.0 Å². The molecule has 3 aromatic carbocycles. The zero-order valence-corrected chi connectivity index (χ0v) is 20.3. The van der Waals surface area contributed by atoms with Crippen LogP contribution in [-0.4, -0.2) is 15.9 Å². The van der Waals surface area contributed by atoms with Crippen LogP contribution >= 0.6 is 11.3 Å². The van der Waals surface area contributed by atoms with Gasteiger partial charge in [-0.2, -0.15) is 18.3 Å². The summed E-state index contributed by atoms with van der Waals surface area (Å²) in [6, 6.07) is 20.8.